The van der Waals surface area contributed by atoms with Gasteiger partial charge in [-0.3, -0.25) is 0 Å². The van der Waals surface area contributed by atoms with Crippen LogP contribution in [0.5, 0.6) is 0 Å². The summed E-state index contributed by atoms with van der Waals surface area (Å²) in [6.45, 7) is 2.12. The standard InChI is InChI=1S/C11H15BrFN/c1-2-3-4-11(14)9-7-8(13)5-6-10(9)12/h5-7,11H,2-4,14H2,1H3/t11-/m1/s1. The Bertz CT molecular complexity index is 301. The van der Waals surface area contributed by atoms with Crippen molar-refractivity contribution in [2.45, 2.75) is 32.2 Å². The molecule has 2 N–H and O–H groups in total. The summed E-state index contributed by atoms with van der Waals surface area (Å²) in [5, 5.41) is 0. The van der Waals surface area contributed by atoms with Gasteiger partial charge in [0.05, 0.1) is 0 Å². The first-order chi connectivity index (χ1) is 6.65. The molecule has 3 heteroatoms. The number of nitrogens with two attached hydrogens (primary N) is 1. The number of benzene rings is 1. The second-order valence-corrected chi connectivity index (χ2v) is 4.27. The molecule has 0 heterocycles. The van der Waals surface area contributed by atoms with Crippen LogP contribution in [0.4, 0.5) is 4.39 Å². The topological polar surface area (TPSA) is 26.0 Å². The summed E-state index contributed by atoms with van der Waals surface area (Å²) in [6, 6.07) is 4.57. The molecule has 1 atom stereocenters. The first-order valence-corrected chi connectivity index (χ1v) is 5.65. The van der Waals surface area contributed by atoms with Gasteiger partial charge in [0.15, 0.2) is 0 Å². The van der Waals surface area contributed by atoms with Crippen LogP contribution in [-0.2, 0) is 0 Å². The normalized spacial score (nSPS) is 12.9. The Morgan fingerprint density at radius 3 is 2.86 bits per heavy atom. The molecular weight excluding hydrogens is 245 g/mol. The lowest BCUT2D eigenvalue weighted by Crippen LogP contribution is -2.11. The Labute approximate surface area is 92.6 Å². The third-order valence-corrected chi connectivity index (χ3v) is 2.95. The van der Waals surface area contributed by atoms with Crippen LogP contribution in [0.3, 0.4) is 0 Å². The minimum Gasteiger partial charge on any atom is -0.324 e. The molecule has 0 aliphatic carbocycles. The molecule has 0 saturated heterocycles. The average molecular weight is 260 g/mol. The Morgan fingerprint density at radius 2 is 2.21 bits per heavy atom. The summed E-state index contributed by atoms with van der Waals surface area (Å²) in [5.41, 5.74) is 6.81. The maximum atomic E-state index is 13.0. The third kappa shape index (κ3) is 3.07. The molecule has 0 radical (unpaired) electrons. The lowest BCUT2D eigenvalue weighted by Gasteiger charge is -2.13. The predicted octanol–water partition coefficient (Wildman–Crippen LogP) is 3.78. The SMILES string of the molecule is CCCC[C@@H](N)c1cc(F)ccc1Br. The molecule has 0 amide bonds. The molecule has 1 aromatic carbocycles. The zero-order valence-electron chi connectivity index (χ0n) is 8.26. The number of hydrogen-bond acceptors (Lipinski definition) is 1. The van der Waals surface area contributed by atoms with Gasteiger partial charge in [-0.1, -0.05) is 35.7 Å². The molecule has 0 aliphatic heterocycles. The fraction of sp³-hybridized carbons (Fsp3) is 0.455. The fourth-order valence-corrected chi connectivity index (χ4v) is 1.92. The highest BCUT2D eigenvalue weighted by Crippen LogP contribution is 2.25. The molecule has 1 aromatic rings. The highest BCUT2D eigenvalue weighted by molar-refractivity contribution is 9.10. The largest absolute Gasteiger partial charge is 0.324 e. The molecule has 0 bridgehead atoms. The van der Waals surface area contributed by atoms with Gasteiger partial charge in [0.2, 0.25) is 0 Å². The molecule has 1 nitrogen and oxygen atoms in total. The Kier molecular flexibility index (Phi) is 4.55. The molecule has 0 fully saturated rings. The molecule has 0 aromatic heterocycles. The van der Waals surface area contributed by atoms with Crippen LogP contribution in [0.2, 0.25) is 0 Å². The Balaban J connectivity index is 2.77. The van der Waals surface area contributed by atoms with Crippen LogP contribution >= 0.6 is 15.9 Å². The molecule has 0 saturated carbocycles. The van der Waals surface area contributed by atoms with E-state index in [1.54, 1.807) is 6.07 Å². The van der Waals surface area contributed by atoms with Gasteiger partial charge >= 0.3 is 0 Å². The van der Waals surface area contributed by atoms with E-state index < -0.39 is 0 Å². The van der Waals surface area contributed by atoms with Gasteiger partial charge in [-0.2, -0.15) is 0 Å². The minimum absolute atomic E-state index is 0.0694. The number of hydrogen-bond donors (Lipinski definition) is 1. The maximum absolute atomic E-state index is 13.0. The second kappa shape index (κ2) is 5.47. The number of unbranched alkanes of at least 4 members (excludes halogenated alkanes) is 1. The summed E-state index contributed by atoms with van der Waals surface area (Å²) in [7, 11) is 0. The van der Waals surface area contributed by atoms with Crippen molar-refractivity contribution in [2.24, 2.45) is 5.73 Å². The first-order valence-electron chi connectivity index (χ1n) is 4.85. The van der Waals surface area contributed by atoms with Crippen molar-refractivity contribution < 1.29 is 4.39 Å². The molecule has 14 heavy (non-hydrogen) atoms. The molecule has 78 valence electrons. The van der Waals surface area contributed by atoms with E-state index in [1.807, 2.05) is 0 Å². The van der Waals surface area contributed by atoms with Crippen molar-refractivity contribution in [3.8, 4) is 0 Å². The van der Waals surface area contributed by atoms with Crippen molar-refractivity contribution in [3.63, 3.8) is 0 Å². The van der Waals surface area contributed by atoms with E-state index in [0.29, 0.717) is 0 Å². The van der Waals surface area contributed by atoms with E-state index in [0.717, 1.165) is 29.3 Å². The Hall–Kier alpha value is -0.410. The smallest absolute Gasteiger partial charge is 0.123 e. The molecule has 0 unspecified atom stereocenters. The first kappa shape index (κ1) is 11.7. The molecule has 1 rings (SSSR count). The van der Waals surface area contributed by atoms with E-state index in [9.17, 15) is 4.39 Å². The lowest BCUT2D eigenvalue weighted by atomic mass is 10.0. The van der Waals surface area contributed by atoms with E-state index >= 15 is 0 Å². The number of halogens is 2. The molecule has 0 aliphatic rings. The van der Waals surface area contributed by atoms with Gasteiger partial charge in [0, 0.05) is 10.5 Å². The van der Waals surface area contributed by atoms with E-state index in [-0.39, 0.29) is 11.9 Å². The van der Waals surface area contributed by atoms with Gasteiger partial charge in [-0.25, -0.2) is 4.39 Å². The predicted molar refractivity (Wildman–Crippen MR) is 60.6 cm³/mol. The fourth-order valence-electron chi connectivity index (χ4n) is 1.38. The van der Waals surface area contributed by atoms with E-state index in [1.165, 1.54) is 12.1 Å². The summed E-state index contributed by atoms with van der Waals surface area (Å²) in [4.78, 5) is 0. The summed E-state index contributed by atoms with van der Waals surface area (Å²) in [6.07, 6.45) is 3.09. The van der Waals surface area contributed by atoms with Gasteiger partial charge in [-0.15, -0.1) is 0 Å². The van der Waals surface area contributed by atoms with Crippen molar-refractivity contribution >= 4 is 15.9 Å². The van der Waals surface area contributed by atoms with Gasteiger partial charge in [0.25, 0.3) is 0 Å². The van der Waals surface area contributed by atoms with E-state index in [2.05, 4.69) is 22.9 Å². The second-order valence-electron chi connectivity index (χ2n) is 3.41. The highest BCUT2D eigenvalue weighted by atomic mass is 79.9. The third-order valence-electron chi connectivity index (χ3n) is 2.23. The quantitative estimate of drug-likeness (QED) is 0.875. The average Bonchev–Trinajstić information content (AvgIpc) is 2.18. The van der Waals surface area contributed by atoms with Crippen LogP contribution in [0.25, 0.3) is 0 Å². The van der Waals surface area contributed by atoms with Gasteiger partial charge in [0.1, 0.15) is 5.82 Å². The van der Waals surface area contributed by atoms with Crippen molar-refractivity contribution in [1.82, 2.24) is 0 Å². The van der Waals surface area contributed by atoms with Crippen LogP contribution in [-0.4, -0.2) is 0 Å². The monoisotopic (exact) mass is 259 g/mol. The zero-order chi connectivity index (χ0) is 10.6. The summed E-state index contributed by atoms with van der Waals surface area (Å²) in [5.74, 6) is -0.227. The van der Waals surface area contributed by atoms with E-state index in [4.69, 9.17) is 5.73 Å². The van der Waals surface area contributed by atoms with Gasteiger partial charge < -0.3 is 5.73 Å². The van der Waals surface area contributed by atoms with Crippen molar-refractivity contribution in [3.05, 3.63) is 34.1 Å². The van der Waals surface area contributed by atoms with Crippen LogP contribution < -0.4 is 5.73 Å². The maximum Gasteiger partial charge on any atom is 0.123 e. The van der Waals surface area contributed by atoms with Crippen LogP contribution in [0.15, 0.2) is 22.7 Å². The van der Waals surface area contributed by atoms with Crippen molar-refractivity contribution in [2.75, 3.05) is 0 Å². The summed E-state index contributed by atoms with van der Waals surface area (Å²) >= 11 is 3.38. The lowest BCUT2D eigenvalue weighted by molar-refractivity contribution is 0.586. The highest BCUT2D eigenvalue weighted by Gasteiger charge is 2.09. The van der Waals surface area contributed by atoms with Crippen molar-refractivity contribution in [1.29, 1.82) is 0 Å². The zero-order valence-corrected chi connectivity index (χ0v) is 9.85. The van der Waals surface area contributed by atoms with Crippen LogP contribution in [0, 0.1) is 5.82 Å². The molecular formula is C11H15BrFN. The van der Waals surface area contributed by atoms with Crippen LogP contribution in [0.1, 0.15) is 37.8 Å². The number of rotatable bonds is 4. The minimum atomic E-state index is -0.227. The molecule has 0 spiro atoms. The van der Waals surface area contributed by atoms with Gasteiger partial charge in [-0.05, 0) is 30.2 Å². The summed E-state index contributed by atoms with van der Waals surface area (Å²) < 4.78 is 13.8. The Morgan fingerprint density at radius 1 is 1.50 bits per heavy atom.